The lowest BCUT2D eigenvalue weighted by Gasteiger charge is -2.25. The SMILES string of the molecule is COc1ccccc1-c1cccc(C(=O)N2CCC[C@@H]2Cn2cccn2)c1. The van der Waals surface area contributed by atoms with E-state index in [-0.39, 0.29) is 11.9 Å². The maximum absolute atomic E-state index is 13.2. The van der Waals surface area contributed by atoms with Gasteiger partial charge in [-0.05, 0) is 42.7 Å². The smallest absolute Gasteiger partial charge is 0.254 e. The van der Waals surface area contributed by atoms with Crippen molar-refractivity contribution in [3.63, 3.8) is 0 Å². The number of ether oxygens (including phenoxy) is 1. The maximum atomic E-state index is 13.2. The zero-order valence-corrected chi connectivity index (χ0v) is 15.4. The van der Waals surface area contributed by atoms with Crippen molar-refractivity contribution in [2.75, 3.05) is 13.7 Å². The van der Waals surface area contributed by atoms with Gasteiger partial charge in [0.25, 0.3) is 5.91 Å². The Morgan fingerprint density at radius 1 is 1.19 bits per heavy atom. The van der Waals surface area contributed by atoms with E-state index in [0.717, 1.165) is 42.8 Å². The van der Waals surface area contributed by atoms with Gasteiger partial charge in [-0.25, -0.2) is 0 Å². The predicted octanol–water partition coefficient (Wildman–Crippen LogP) is 3.86. The Hall–Kier alpha value is -3.08. The number of nitrogens with zero attached hydrogens (tertiary/aromatic N) is 3. The summed E-state index contributed by atoms with van der Waals surface area (Å²) in [4.78, 5) is 15.2. The molecule has 2 heterocycles. The van der Waals surface area contributed by atoms with Gasteiger partial charge in [0, 0.05) is 30.1 Å². The van der Waals surface area contributed by atoms with E-state index in [0.29, 0.717) is 5.56 Å². The summed E-state index contributed by atoms with van der Waals surface area (Å²) in [5.74, 6) is 0.890. The number of hydrogen-bond acceptors (Lipinski definition) is 3. The molecule has 0 N–H and O–H groups in total. The Morgan fingerprint density at radius 3 is 2.89 bits per heavy atom. The summed E-state index contributed by atoms with van der Waals surface area (Å²) < 4.78 is 7.37. The van der Waals surface area contributed by atoms with Gasteiger partial charge in [-0.2, -0.15) is 5.10 Å². The van der Waals surface area contributed by atoms with Crippen LogP contribution in [-0.4, -0.2) is 40.3 Å². The summed E-state index contributed by atoms with van der Waals surface area (Å²) in [7, 11) is 1.66. The Bertz CT molecular complexity index is 921. The maximum Gasteiger partial charge on any atom is 0.254 e. The van der Waals surface area contributed by atoms with Gasteiger partial charge >= 0.3 is 0 Å². The number of rotatable bonds is 5. The summed E-state index contributed by atoms with van der Waals surface area (Å²) >= 11 is 0. The second-order valence-electron chi connectivity index (χ2n) is 6.80. The molecular weight excluding hydrogens is 338 g/mol. The van der Waals surface area contributed by atoms with Crippen molar-refractivity contribution in [1.29, 1.82) is 0 Å². The van der Waals surface area contributed by atoms with Gasteiger partial charge in [0.05, 0.1) is 19.7 Å². The Labute approximate surface area is 159 Å². The minimum absolute atomic E-state index is 0.0846. The lowest BCUT2D eigenvalue weighted by molar-refractivity contribution is 0.0721. The molecule has 1 saturated heterocycles. The van der Waals surface area contributed by atoms with Crippen molar-refractivity contribution in [2.24, 2.45) is 0 Å². The number of carbonyl (C=O) groups is 1. The molecule has 1 aromatic heterocycles. The first kappa shape index (κ1) is 17.3. The van der Waals surface area contributed by atoms with Crippen LogP contribution in [0.25, 0.3) is 11.1 Å². The molecule has 0 spiro atoms. The van der Waals surface area contributed by atoms with Crippen LogP contribution in [0.4, 0.5) is 0 Å². The fraction of sp³-hybridized carbons (Fsp3) is 0.273. The van der Waals surface area contributed by atoms with Crippen LogP contribution in [0.3, 0.4) is 0 Å². The molecule has 5 nitrogen and oxygen atoms in total. The number of methoxy groups -OCH3 is 1. The molecule has 2 aromatic carbocycles. The topological polar surface area (TPSA) is 47.4 Å². The summed E-state index contributed by atoms with van der Waals surface area (Å²) in [5.41, 5.74) is 2.69. The average molecular weight is 361 g/mol. The second kappa shape index (κ2) is 7.66. The van der Waals surface area contributed by atoms with Gasteiger partial charge in [-0.1, -0.05) is 30.3 Å². The van der Waals surface area contributed by atoms with Gasteiger partial charge in [0.1, 0.15) is 5.75 Å². The first-order valence-electron chi connectivity index (χ1n) is 9.28. The Kier molecular flexibility index (Phi) is 4.92. The van der Waals surface area contributed by atoms with E-state index >= 15 is 0 Å². The monoisotopic (exact) mass is 361 g/mol. The lowest BCUT2D eigenvalue weighted by Crippen LogP contribution is -2.38. The number of carbonyl (C=O) groups excluding carboxylic acids is 1. The standard InChI is InChI=1S/C22H23N3O2/c1-27-21-11-3-2-10-20(21)17-7-4-8-18(15-17)22(26)25-14-5-9-19(25)16-24-13-6-12-23-24/h2-4,6-8,10-13,15,19H,5,9,14,16H2,1H3/t19-/m1/s1. The van der Waals surface area contributed by atoms with Crippen LogP contribution in [0.15, 0.2) is 67.0 Å². The van der Waals surface area contributed by atoms with Gasteiger partial charge < -0.3 is 9.64 Å². The summed E-state index contributed by atoms with van der Waals surface area (Å²) in [6.45, 7) is 1.54. The molecule has 4 rings (SSSR count). The van der Waals surface area contributed by atoms with E-state index in [9.17, 15) is 4.79 Å². The Morgan fingerprint density at radius 2 is 2.07 bits per heavy atom. The van der Waals surface area contributed by atoms with Gasteiger partial charge in [0.2, 0.25) is 0 Å². The number of amides is 1. The molecule has 1 aliphatic heterocycles. The molecule has 1 amide bonds. The highest BCUT2D eigenvalue weighted by atomic mass is 16.5. The molecule has 0 radical (unpaired) electrons. The van der Waals surface area contributed by atoms with E-state index < -0.39 is 0 Å². The van der Waals surface area contributed by atoms with Crippen LogP contribution in [0.5, 0.6) is 5.75 Å². The lowest BCUT2D eigenvalue weighted by atomic mass is 10.0. The minimum atomic E-state index is 0.0846. The fourth-order valence-corrected chi connectivity index (χ4v) is 3.79. The molecule has 0 saturated carbocycles. The quantitative estimate of drug-likeness (QED) is 0.693. The third-order valence-corrected chi connectivity index (χ3v) is 5.12. The average Bonchev–Trinajstić information content (AvgIpc) is 3.40. The number of hydrogen-bond donors (Lipinski definition) is 0. The van der Waals surface area contributed by atoms with E-state index in [1.54, 1.807) is 13.3 Å². The van der Waals surface area contributed by atoms with Crippen molar-refractivity contribution in [3.05, 3.63) is 72.6 Å². The predicted molar refractivity (Wildman–Crippen MR) is 105 cm³/mol. The second-order valence-corrected chi connectivity index (χ2v) is 6.80. The van der Waals surface area contributed by atoms with E-state index in [1.165, 1.54) is 0 Å². The Balaban J connectivity index is 1.58. The highest BCUT2D eigenvalue weighted by molar-refractivity contribution is 5.96. The molecule has 1 fully saturated rings. The van der Waals surface area contributed by atoms with Crippen LogP contribution in [-0.2, 0) is 6.54 Å². The van der Waals surface area contributed by atoms with Crippen molar-refractivity contribution in [2.45, 2.75) is 25.4 Å². The summed E-state index contributed by atoms with van der Waals surface area (Å²) in [5, 5.41) is 4.28. The summed E-state index contributed by atoms with van der Waals surface area (Å²) in [6.07, 6.45) is 5.77. The molecule has 0 aliphatic carbocycles. The number of para-hydroxylation sites is 1. The highest BCUT2D eigenvalue weighted by Gasteiger charge is 2.30. The normalized spacial score (nSPS) is 16.5. The van der Waals surface area contributed by atoms with Crippen LogP contribution in [0.2, 0.25) is 0 Å². The molecule has 0 bridgehead atoms. The first-order chi connectivity index (χ1) is 13.3. The van der Waals surface area contributed by atoms with Crippen molar-refractivity contribution >= 4 is 5.91 Å². The van der Waals surface area contributed by atoms with Crippen LogP contribution >= 0.6 is 0 Å². The fourth-order valence-electron chi connectivity index (χ4n) is 3.79. The minimum Gasteiger partial charge on any atom is -0.496 e. The van der Waals surface area contributed by atoms with Gasteiger partial charge in [-0.15, -0.1) is 0 Å². The van der Waals surface area contributed by atoms with E-state index in [2.05, 4.69) is 5.10 Å². The number of aromatic nitrogens is 2. The zero-order chi connectivity index (χ0) is 18.6. The summed E-state index contributed by atoms with van der Waals surface area (Å²) in [6, 6.07) is 17.8. The molecule has 27 heavy (non-hydrogen) atoms. The largest absolute Gasteiger partial charge is 0.496 e. The molecular formula is C22H23N3O2. The van der Waals surface area contributed by atoms with E-state index in [1.807, 2.05) is 70.4 Å². The molecule has 138 valence electrons. The zero-order valence-electron chi connectivity index (χ0n) is 15.4. The molecule has 1 atom stereocenters. The van der Waals surface area contributed by atoms with Crippen LogP contribution in [0.1, 0.15) is 23.2 Å². The van der Waals surface area contributed by atoms with Crippen LogP contribution in [0, 0.1) is 0 Å². The van der Waals surface area contributed by atoms with Crippen LogP contribution < -0.4 is 4.74 Å². The molecule has 3 aromatic rings. The number of likely N-dealkylation sites (tertiary alicyclic amines) is 1. The van der Waals surface area contributed by atoms with Crippen molar-refractivity contribution < 1.29 is 9.53 Å². The number of benzene rings is 2. The van der Waals surface area contributed by atoms with Gasteiger partial charge in [0.15, 0.2) is 0 Å². The van der Waals surface area contributed by atoms with Crippen molar-refractivity contribution in [1.82, 2.24) is 14.7 Å². The third-order valence-electron chi connectivity index (χ3n) is 5.12. The third kappa shape index (κ3) is 3.58. The van der Waals surface area contributed by atoms with Gasteiger partial charge in [-0.3, -0.25) is 9.48 Å². The van der Waals surface area contributed by atoms with E-state index in [4.69, 9.17) is 4.74 Å². The van der Waals surface area contributed by atoms with Crippen molar-refractivity contribution in [3.8, 4) is 16.9 Å². The molecule has 0 unspecified atom stereocenters. The first-order valence-corrected chi connectivity index (χ1v) is 9.28. The highest BCUT2D eigenvalue weighted by Crippen LogP contribution is 2.31. The molecule has 1 aliphatic rings. The molecule has 5 heteroatoms.